The van der Waals surface area contributed by atoms with E-state index in [9.17, 15) is 4.39 Å². The Balaban J connectivity index is 1.85. The van der Waals surface area contributed by atoms with Gasteiger partial charge in [-0.05, 0) is 49.8 Å². The summed E-state index contributed by atoms with van der Waals surface area (Å²) in [6, 6.07) is 4.63. The molecule has 1 aliphatic heterocycles. The summed E-state index contributed by atoms with van der Waals surface area (Å²) in [7, 11) is 0. The molecule has 0 aromatic heterocycles. The first-order chi connectivity index (χ1) is 9.62. The van der Waals surface area contributed by atoms with Gasteiger partial charge in [0.2, 0.25) is 0 Å². The zero-order chi connectivity index (χ0) is 14.2. The highest BCUT2D eigenvalue weighted by Crippen LogP contribution is 2.45. The summed E-state index contributed by atoms with van der Waals surface area (Å²) < 4.78 is 19.7. The van der Waals surface area contributed by atoms with Gasteiger partial charge < -0.3 is 10.5 Å². The maximum Gasteiger partial charge on any atom is 0.125 e. The topological polar surface area (TPSA) is 35.2 Å². The molecule has 20 heavy (non-hydrogen) atoms. The standard InChI is InChI=1S/C17H24FNO/c1-2-12-4-3-8-17(9-7-12)11-15(19)14-10-13(18)5-6-16(14)20-17/h5-6,10,12,15H,2-4,7-9,11,19H2,1H3/t12?,15-,17?/m1/s1. The predicted molar refractivity (Wildman–Crippen MR) is 78.2 cm³/mol. The smallest absolute Gasteiger partial charge is 0.125 e. The van der Waals surface area contributed by atoms with Crippen molar-refractivity contribution in [3.05, 3.63) is 29.6 Å². The molecule has 2 N–H and O–H groups in total. The molecule has 0 bridgehead atoms. The van der Waals surface area contributed by atoms with E-state index in [0.717, 1.165) is 36.5 Å². The summed E-state index contributed by atoms with van der Waals surface area (Å²) in [5.74, 6) is 1.38. The van der Waals surface area contributed by atoms with Crippen LogP contribution in [0.1, 0.15) is 63.5 Å². The molecule has 1 heterocycles. The molecule has 1 aromatic carbocycles. The Morgan fingerprint density at radius 2 is 2.20 bits per heavy atom. The molecule has 3 rings (SSSR count). The van der Waals surface area contributed by atoms with Crippen LogP contribution in [0.4, 0.5) is 4.39 Å². The minimum Gasteiger partial charge on any atom is -0.487 e. The van der Waals surface area contributed by atoms with Gasteiger partial charge in [-0.15, -0.1) is 0 Å². The van der Waals surface area contributed by atoms with Crippen molar-refractivity contribution in [2.45, 2.75) is 63.5 Å². The molecule has 1 saturated carbocycles. The van der Waals surface area contributed by atoms with E-state index in [2.05, 4.69) is 6.92 Å². The summed E-state index contributed by atoms with van der Waals surface area (Å²) in [4.78, 5) is 0. The Labute approximate surface area is 120 Å². The maximum absolute atomic E-state index is 13.4. The average molecular weight is 277 g/mol. The molecule has 110 valence electrons. The Morgan fingerprint density at radius 1 is 1.35 bits per heavy atom. The molecule has 2 nitrogen and oxygen atoms in total. The van der Waals surface area contributed by atoms with Crippen LogP contribution in [-0.2, 0) is 0 Å². The van der Waals surface area contributed by atoms with Gasteiger partial charge in [-0.1, -0.05) is 19.8 Å². The summed E-state index contributed by atoms with van der Waals surface area (Å²) >= 11 is 0. The van der Waals surface area contributed by atoms with Crippen LogP contribution in [0.25, 0.3) is 0 Å². The van der Waals surface area contributed by atoms with Crippen LogP contribution in [0, 0.1) is 11.7 Å². The van der Waals surface area contributed by atoms with Crippen LogP contribution in [0.3, 0.4) is 0 Å². The highest BCUT2D eigenvalue weighted by atomic mass is 19.1. The van der Waals surface area contributed by atoms with Gasteiger partial charge in [0.15, 0.2) is 0 Å². The molecule has 1 aromatic rings. The van der Waals surface area contributed by atoms with E-state index in [0.29, 0.717) is 0 Å². The Bertz CT molecular complexity index is 490. The number of hydrogen-bond donors (Lipinski definition) is 1. The van der Waals surface area contributed by atoms with Crippen molar-refractivity contribution in [2.24, 2.45) is 11.7 Å². The highest BCUT2D eigenvalue weighted by Gasteiger charge is 2.41. The van der Waals surface area contributed by atoms with Gasteiger partial charge in [0.1, 0.15) is 17.2 Å². The van der Waals surface area contributed by atoms with Crippen molar-refractivity contribution in [1.29, 1.82) is 0 Å². The fraction of sp³-hybridized carbons (Fsp3) is 0.647. The van der Waals surface area contributed by atoms with E-state index >= 15 is 0 Å². The number of halogens is 1. The predicted octanol–water partition coefficient (Wildman–Crippen LogP) is 4.34. The average Bonchev–Trinajstić information content (AvgIpc) is 2.62. The molecule has 0 amide bonds. The van der Waals surface area contributed by atoms with E-state index in [1.165, 1.54) is 37.8 Å². The van der Waals surface area contributed by atoms with E-state index in [1.54, 1.807) is 6.07 Å². The first-order valence-electron chi connectivity index (χ1n) is 7.86. The summed E-state index contributed by atoms with van der Waals surface area (Å²) in [6.07, 6.45) is 7.96. The molecular formula is C17H24FNO. The molecule has 1 spiro atoms. The van der Waals surface area contributed by atoms with E-state index < -0.39 is 0 Å². The van der Waals surface area contributed by atoms with Gasteiger partial charge in [-0.3, -0.25) is 0 Å². The number of rotatable bonds is 1. The fourth-order valence-electron chi connectivity index (χ4n) is 3.85. The van der Waals surface area contributed by atoms with Crippen molar-refractivity contribution in [2.75, 3.05) is 0 Å². The third kappa shape index (κ3) is 2.56. The fourth-order valence-corrected chi connectivity index (χ4v) is 3.85. The van der Waals surface area contributed by atoms with Crippen LogP contribution >= 0.6 is 0 Å². The number of ether oxygens (including phenoxy) is 1. The van der Waals surface area contributed by atoms with Gasteiger partial charge in [-0.25, -0.2) is 4.39 Å². The summed E-state index contributed by atoms with van der Waals surface area (Å²) in [5.41, 5.74) is 7.00. The highest BCUT2D eigenvalue weighted by molar-refractivity contribution is 5.39. The van der Waals surface area contributed by atoms with E-state index in [1.807, 2.05) is 0 Å². The zero-order valence-corrected chi connectivity index (χ0v) is 12.2. The molecular weight excluding hydrogens is 253 g/mol. The third-order valence-corrected chi connectivity index (χ3v) is 5.12. The Kier molecular flexibility index (Phi) is 3.72. The Hall–Kier alpha value is -1.09. The summed E-state index contributed by atoms with van der Waals surface area (Å²) in [6.45, 7) is 2.27. The van der Waals surface area contributed by atoms with Crippen LogP contribution in [0.2, 0.25) is 0 Å². The van der Waals surface area contributed by atoms with Crippen LogP contribution in [0.15, 0.2) is 18.2 Å². The lowest BCUT2D eigenvalue weighted by atomic mass is 9.82. The number of benzene rings is 1. The lowest BCUT2D eigenvalue weighted by Gasteiger charge is -2.41. The quantitative estimate of drug-likeness (QED) is 0.829. The SMILES string of the molecule is CCC1CCCC2(CC1)C[C@@H](N)c1cc(F)ccc1O2. The second-order valence-corrected chi connectivity index (χ2v) is 6.48. The normalized spacial score (nSPS) is 33.4. The van der Waals surface area contributed by atoms with Gasteiger partial charge in [0.05, 0.1) is 0 Å². The minimum atomic E-state index is -0.231. The maximum atomic E-state index is 13.4. The third-order valence-electron chi connectivity index (χ3n) is 5.12. The molecule has 2 aliphatic rings. The molecule has 2 unspecified atom stereocenters. The van der Waals surface area contributed by atoms with Crippen LogP contribution < -0.4 is 10.5 Å². The second-order valence-electron chi connectivity index (χ2n) is 6.48. The van der Waals surface area contributed by atoms with Crippen LogP contribution in [-0.4, -0.2) is 5.60 Å². The molecule has 3 atom stereocenters. The molecule has 1 aliphatic carbocycles. The number of hydrogen-bond acceptors (Lipinski definition) is 2. The zero-order valence-electron chi connectivity index (χ0n) is 12.2. The number of fused-ring (bicyclic) bond motifs is 1. The summed E-state index contributed by atoms with van der Waals surface area (Å²) in [5, 5.41) is 0. The Morgan fingerprint density at radius 3 is 3.00 bits per heavy atom. The first kappa shape index (κ1) is 13.9. The van der Waals surface area contributed by atoms with Crippen LogP contribution in [0.5, 0.6) is 5.75 Å². The van der Waals surface area contributed by atoms with Crippen molar-refractivity contribution < 1.29 is 9.13 Å². The van der Waals surface area contributed by atoms with Gasteiger partial charge in [-0.2, -0.15) is 0 Å². The molecule has 1 fully saturated rings. The second kappa shape index (κ2) is 5.36. The first-order valence-corrected chi connectivity index (χ1v) is 7.86. The van der Waals surface area contributed by atoms with E-state index in [-0.39, 0.29) is 17.5 Å². The molecule has 3 heteroatoms. The van der Waals surface area contributed by atoms with Gasteiger partial charge >= 0.3 is 0 Å². The van der Waals surface area contributed by atoms with Gasteiger partial charge in [0, 0.05) is 18.0 Å². The lowest BCUT2D eigenvalue weighted by molar-refractivity contribution is 0.0201. The van der Waals surface area contributed by atoms with E-state index in [4.69, 9.17) is 10.5 Å². The lowest BCUT2D eigenvalue weighted by Crippen LogP contribution is -2.42. The van der Waals surface area contributed by atoms with Gasteiger partial charge in [0.25, 0.3) is 0 Å². The van der Waals surface area contributed by atoms with Crippen molar-refractivity contribution in [3.8, 4) is 5.75 Å². The molecule has 0 radical (unpaired) electrons. The van der Waals surface area contributed by atoms with Crippen molar-refractivity contribution in [1.82, 2.24) is 0 Å². The minimum absolute atomic E-state index is 0.104. The van der Waals surface area contributed by atoms with Crippen molar-refractivity contribution in [3.63, 3.8) is 0 Å². The number of nitrogens with two attached hydrogens (primary N) is 1. The molecule has 0 saturated heterocycles. The monoisotopic (exact) mass is 277 g/mol. The van der Waals surface area contributed by atoms with Crippen molar-refractivity contribution >= 4 is 0 Å². The largest absolute Gasteiger partial charge is 0.487 e.